The first-order valence-electron chi connectivity index (χ1n) is 13.7. The van der Waals surface area contributed by atoms with E-state index in [4.69, 9.17) is 20.3 Å². The molecule has 0 bridgehead atoms. The molecule has 2 rings (SSSR count). The van der Waals surface area contributed by atoms with Gasteiger partial charge in [0.2, 0.25) is 0 Å². The SMILES string of the molecule is C.CC(C)(C)[Si](C)(C)OCCBr.CC(C)(C)[Si](C)(C)OCCn1cccc1C=O.O=CO[O-].O=Cc1ccc[nH]1.[2H]CF.[H-].[K+].[K+]. The van der Waals surface area contributed by atoms with E-state index in [-0.39, 0.29) is 123 Å². The van der Waals surface area contributed by atoms with E-state index in [9.17, 15) is 14.0 Å². The number of aromatic nitrogens is 2. The Hall–Kier alpha value is 1.37. The zero-order valence-electron chi connectivity index (χ0n) is 30.3. The zero-order valence-corrected chi connectivity index (χ0v) is 38.1. The number of aldehydes is 2. The smallest absolute Gasteiger partial charge is 1.00 e. The van der Waals surface area contributed by atoms with E-state index < -0.39 is 23.8 Å². The summed E-state index contributed by atoms with van der Waals surface area (Å²) in [4.78, 5) is 34.6. The van der Waals surface area contributed by atoms with Gasteiger partial charge in [-0.1, -0.05) is 64.9 Å². The van der Waals surface area contributed by atoms with Crippen LogP contribution in [0.2, 0.25) is 36.3 Å². The molecule has 0 aromatic carbocycles. The van der Waals surface area contributed by atoms with Gasteiger partial charge >= 0.3 is 103 Å². The van der Waals surface area contributed by atoms with Gasteiger partial charge in [0.1, 0.15) is 0 Å². The first-order valence-corrected chi connectivity index (χ1v) is 19.9. The molecule has 0 saturated carbocycles. The minimum Gasteiger partial charge on any atom is -1.00 e. The van der Waals surface area contributed by atoms with Crippen LogP contribution in [0.5, 0.6) is 0 Å². The maximum atomic E-state index is 10.8. The molecule has 0 atom stereocenters. The molecule has 0 aliphatic carbocycles. The van der Waals surface area contributed by atoms with Gasteiger partial charge in [-0.05, 0) is 60.5 Å². The summed E-state index contributed by atoms with van der Waals surface area (Å²) < 4.78 is 29.3. The molecule has 0 aliphatic rings. The molecule has 0 spiro atoms. The Kier molecular flexibility index (Phi) is 39.4. The molecular weight excluding hydrogens is 722 g/mol. The van der Waals surface area contributed by atoms with Crippen LogP contribution in [0.1, 0.15) is 72.7 Å². The van der Waals surface area contributed by atoms with Crippen LogP contribution in [-0.2, 0) is 25.1 Å². The topological polar surface area (TPSA) is 123 Å². The van der Waals surface area contributed by atoms with Crippen molar-refractivity contribution in [2.45, 2.75) is 91.8 Å². The number of rotatable bonds is 10. The average Bonchev–Trinajstić information content (AvgIpc) is 3.59. The summed E-state index contributed by atoms with van der Waals surface area (Å²) in [6.45, 7) is 24.6. The fourth-order valence-corrected chi connectivity index (χ4v) is 4.82. The Bertz CT molecular complexity index is 966. The van der Waals surface area contributed by atoms with Gasteiger partial charge in [-0.3, -0.25) is 18.8 Å². The summed E-state index contributed by atoms with van der Waals surface area (Å²) in [7, 11) is -4.12. The van der Waals surface area contributed by atoms with Crippen LogP contribution in [0.25, 0.3) is 0 Å². The van der Waals surface area contributed by atoms with Crippen LogP contribution in [0, 0.1) is 0 Å². The Labute approximate surface area is 364 Å². The van der Waals surface area contributed by atoms with Crippen molar-refractivity contribution >= 4 is 51.6 Å². The van der Waals surface area contributed by atoms with Crippen molar-refractivity contribution in [2.75, 3.05) is 25.7 Å². The summed E-state index contributed by atoms with van der Waals surface area (Å²) in [5.74, 6) is 0. The number of nitrogens with one attached hydrogen (secondary N) is 1. The number of carbonyl (C=O) groups excluding carboxylic acids is 3. The minimum atomic E-state index is -1.67. The summed E-state index contributed by atoms with van der Waals surface area (Å²) in [5.41, 5.74) is 1.34. The van der Waals surface area contributed by atoms with E-state index in [1.807, 2.05) is 22.9 Å². The number of carbonyl (C=O) groups is 3. The zero-order chi connectivity index (χ0) is 33.5. The fraction of sp³-hybridized carbons (Fsp3) is 0.621. The van der Waals surface area contributed by atoms with E-state index >= 15 is 0 Å². The molecular formula is C29H56BrFK2N2O7Si2. The van der Waals surface area contributed by atoms with Crippen LogP contribution in [-0.4, -0.2) is 70.9 Å². The van der Waals surface area contributed by atoms with E-state index in [0.717, 1.165) is 31.1 Å². The van der Waals surface area contributed by atoms with E-state index in [1.54, 1.807) is 18.3 Å². The molecule has 1 N–H and O–H groups in total. The van der Waals surface area contributed by atoms with Gasteiger partial charge in [0.15, 0.2) is 29.2 Å². The Morgan fingerprint density at radius 2 is 1.43 bits per heavy atom. The summed E-state index contributed by atoms with van der Waals surface area (Å²) in [6.07, 6.45) is 5.29. The first kappa shape index (κ1) is 54.8. The molecule has 0 fully saturated rings. The molecule has 0 saturated heterocycles. The third-order valence-corrected chi connectivity index (χ3v) is 16.1. The number of H-pyrrole nitrogens is 1. The standard InChI is InChI=1S/C13H23NO2Si.C8H19BrOSi.C5H5NO.CH3F.CH2O3.CH4.2K.H/c1-13(2,3)17(4,5)16-10-9-14-8-6-7-12(14)11-15;1-8(2,3)11(4,5)10-7-6-9;7-4-5-2-1-3-6-5;1-2;2-1-4-3;;;;/h6-8,11H,9-10H2,1-5H3;6-7H2,1-5H3;1-4,6H;1H3;1,3H;1H4;;;/q;;;;;;2*+1;-1/p-1/i;;;1D;;;;;. The van der Waals surface area contributed by atoms with Gasteiger partial charge in [0.25, 0.3) is 6.47 Å². The minimum absolute atomic E-state index is 0. The van der Waals surface area contributed by atoms with Crippen molar-refractivity contribution in [1.29, 1.82) is 0 Å². The van der Waals surface area contributed by atoms with Crippen LogP contribution >= 0.6 is 15.9 Å². The van der Waals surface area contributed by atoms with Crippen molar-refractivity contribution in [3.05, 3.63) is 48.0 Å². The average molecular weight is 779 g/mol. The van der Waals surface area contributed by atoms with E-state index in [0.29, 0.717) is 23.0 Å². The molecule has 2 aromatic heterocycles. The second kappa shape index (κ2) is 31.6. The molecule has 248 valence electrons. The number of nitrogens with zero attached hydrogens (tertiary/aromatic N) is 1. The summed E-state index contributed by atoms with van der Waals surface area (Å²) in [6, 6.07) is 7.20. The third-order valence-electron chi connectivity index (χ3n) is 6.72. The number of hydrogen-bond acceptors (Lipinski definition) is 7. The molecule has 2 aromatic rings. The van der Waals surface area contributed by atoms with Gasteiger partial charge in [-0.15, -0.1) is 0 Å². The number of halogens is 2. The molecule has 44 heavy (non-hydrogen) atoms. The number of aromatic amines is 1. The summed E-state index contributed by atoms with van der Waals surface area (Å²) in [5, 5.41) is 9.95. The second-order valence-corrected chi connectivity index (χ2v) is 22.0. The fourth-order valence-electron chi connectivity index (χ4n) is 2.28. The van der Waals surface area contributed by atoms with Crippen molar-refractivity contribution in [1.82, 2.24) is 9.55 Å². The first-order chi connectivity index (χ1) is 19.3. The predicted molar refractivity (Wildman–Crippen MR) is 178 cm³/mol. The Balaban J connectivity index is -0.0000000912. The molecule has 0 radical (unpaired) electrons. The van der Waals surface area contributed by atoms with Crippen molar-refractivity contribution in [3.63, 3.8) is 0 Å². The number of hydrogen-bond donors (Lipinski definition) is 1. The van der Waals surface area contributed by atoms with Gasteiger partial charge in [-0.25, -0.2) is 0 Å². The van der Waals surface area contributed by atoms with Crippen LogP contribution in [0.15, 0.2) is 36.7 Å². The summed E-state index contributed by atoms with van der Waals surface area (Å²) >= 11 is 3.37. The molecule has 9 nitrogen and oxygen atoms in total. The van der Waals surface area contributed by atoms with Crippen molar-refractivity contribution < 1.29 is 143 Å². The molecule has 0 unspecified atom stereocenters. The quantitative estimate of drug-likeness (QED) is 0.127. The van der Waals surface area contributed by atoms with Gasteiger partial charge in [0, 0.05) is 30.9 Å². The molecule has 0 aliphatic heterocycles. The van der Waals surface area contributed by atoms with Gasteiger partial charge < -0.3 is 30.0 Å². The Morgan fingerprint density at radius 1 is 0.977 bits per heavy atom. The van der Waals surface area contributed by atoms with E-state index in [2.05, 4.69) is 93.5 Å². The Morgan fingerprint density at radius 3 is 1.73 bits per heavy atom. The maximum absolute atomic E-state index is 10.8. The van der Waals surface area contributed by atoms with Gasteiger partial charge in [0.05, 0.1) is 26.5 Å². The predicted octanol–water partition coefficient (Wildman–Crippen LogP) is 1.33. The molecule has 15 heteroatoms. The van der Waals surface area contributed by atoms with Crippen LogP contribution in [0.3, 0.4) is 0 Å². The molecule has 2 heterocycles. The maximum Gasteiger partial charge on any atom is 1.00 e. The van der Waals surface area contributed by atoms with E-state index in [1.165, 1.54) is 0 Å². The molecule has 0 amide bonds. The monoisotopic (exact) mass is 777 g/mol. The number of alkyl halides is 2. The van der Waals surface area contributed by atoms with Crippen molar-refractivity contribution in [2.24, 2.45) is 0 Å². The van der Waals surface area contributed by atoms with Crippen LogP contribution < -0.4 is 108 Å². The van der Waals surface area contributed by atoms with Crippen LogP contribution in [0.4, 0.5) is 4.39 Å². The largest absolute Gasteiger partial charge is 1.00 e. The normalized spacial score (nSPS) is 10.6. The second-order valence-electron chi connectivity index (χ2n) is 11.6. The third kappa shape index (κ3) is 27.3. The van der Waals surface area contributed by atoms with Crippen molar-refractivity contribution in [3.8, 4) is 0 Å². The van der Waals surface area contributed by atoms with Gasteiger partial charge in [-0.2, -0.15) is 0 Å².